The Bertz CT molecular complexity index is 1350. The molecule has 308 valence electrons. The number of nitrogens with one attached hydrogen (secondary N) is 8. The molecular formula is C35H63N9O10. The normalized spacial score (nSPS) is 16.2. The Morgan fingerprint density at radius 1 is 0.407 bits per heavy atom. The molecule has 11 N–H and O–H groups in total. The van der Waals surface area contributed by atoms with E-state index >= 15 is 0 Å². The zero-order valence-corrected chi connectivity index (χ0v) is 33.5. The van der Waals surface area contributed by atoms with Crippen LogP contribution in [0.3, 0.4) is 0 Å². The van der Waals surface area contributed by atoms with Gasteiger partial charge in [0.25, 0.3) is 0 Å². The summed E-state index contributed by atoms with van der Waals surface area (Å²) in [5.41, 5.74) is 5.50. The highest BCUT2D eigenvalue weighted by Crippen LogP contribution is 2.11. The van der Waals surface area contributed by atoms with Gasteiger partial charge in [-0.1, -0.05) is 41.5 Å². The summed E-state index contributed by atoms with van der Waals surface area (Å²) in [4.78, 5) is 114. The quantitative estimate of drug-likeness (QED) is 0.0583. The van der Waals surface area contributed by atoms with Crippen molar-refractivity contribution in [2.45, 2.75) is 150 Å². The minimum Gasteiger partial charge on any atom is -0.480 e. The number of nitrogens with two attached hydrogens (primary N) is 1. The third-order valence-corrected chi connectivity index (χ3v) is 8.08. The van der Waals surface area contributed by atoms with E-state index < -0.39 is 114 Å². The van der Waals surface area contributed by atoms with E-state index in [-0.39, 0.29) is 24.7 Å². The first-order chi connectivity index (χ1) is 24.8. The number of aliphatic carboxylic acids is 1. The summed E-state index contributed by atoms with van der Waals surface area (Å²) in [6.45, 7) is 18.9. The Morgan fingerprint density at radius 2 is 0.704 bits per heavy atom. The lowest BCUT2D eigenvalue weighted by Gasteiger charge is -2.29. The van der Waals surface area contributed by atoms with Crippen molar-refractivity contribution in [1.82, 2.24) is 42.5 Å². The topological polar surface area (TPSA) is 296 Å². The number of hydrogen-bond acceptors (Lipinski definition) is 10. The van der Waals surface area contributed by atoms with Crippen LogP contribution in [0.15, 0.2) is 0 Å². The van der Waals surface area contributed by atoms with Gasteiger partial charge in [0.05, 0.1) is 6.04 Å². The molecule has 0 unspecified atom stereocenters. The summed E-state index contributed by atoms with van der Waals surface area (Å²) < 4.78 is 0. The van der Waals surface area contributed by atoms with Crippen LogP contribution in [0.2, 0.25) is 0 Å². The summed E-state index contributed by atoms with van der Waals surface area (Å²) in [7, 11) is 0. The summed E-state index contributed by atoms with van der Waals surface area (Å²) in [5, 5.41) is 29.1. The summed E-state index contributed by atoms with van der Waals surface area (Å²) in [6, 6.07) is -9.76. The molecule has 8 amide bonds. The molecule has 0 radical (unpaired) electrons. The highest BCUT2D eigenvalue weighted by Gasteiger charge is 2.34. The predicted molar refractivity (Wildman–Crippen MR) is 199 cm³/mol. The molecule has 0 saturated carbocycles. The van der Waals surface area contributed by atoms with Gasteiger partial charge in [0.15, 0.2) is 0 Å². The van der Waals surface area contributed by atoms with E-state index in [0.717, 1.165) is 0 Å². The minimum atomic E-state index is -1.25. The fraction of sp³-hybridized carbons (Fsp3) is 0.743. The Hall–Kier alpha value is -4.81. The molecule has 0 aliphatic rings. The molecule has 19 heteroatoms. The van der Waals surface area contributed by atoms with Crippen molar-refractivity contribution in [2.24, 2.45) is 23.5 Å². The number of carbonyl (C=O) groups is 9. The third-order valence-electron chi connectivity index (χ3n) is 8.08. The third kappa shape index (κ3) is 17.8. The van der Waals surface area contributed by atoms with E-state index in [4.69, 9.17) is 10.8 Å². The zero-order chi connectivity index (χ0) is 42.2. The maximum Gasteiger partial charge on any atom is 0.325 e. The van der Waals surface area contributed by atoms with Gasteiger partial charge in [-0.25, -0.2) is 0 Å². The van der Waals surface area contributed by atoms with Crippen molar-refractivity contribution in [2.75, 3.05) is 0 Å². The lowest BCUT2D eigenvalue weighted by atomic mass is 9.98. The lowest BCUT2D eigenvalue weighted by Crippen LogP contribution is -2.60. The average Bonchev–Trinajstić information content (AvgIpc) is 3.04. The summed E-state index contributed by atoms with van der Waals surface area (Å²) in [6.07, 6.45) is 0.349. The molecule has 0 spiro atoms. The largest absolute Gasteiger partial charge is 0.480 e. The number of amides is 8. The molecule has 0 heterocycles. The van der Waals surface area contributed by atoms with E-state index in [9.17, 15) is 43.2 Å². The molecule has 0 fully saturated rings. The first-order valence-electron chi connectivity index (χ1n) is 18.2. The van der Waals surface area contributed by atoms with Crippen LogP contribution in [0.4, 0.5) is 0 Å². The van der Waals surface area contributed by atoms with E-state index in [1.54, 1.807) is 13.8 Å². The number of rotatable bonds is 22. The van der Waals surface area contributed by atoms with Gasteiger partial charge in [0.2, 0.25) is 47.3 Å². The van der Waals surface area contributed by atoms with Crippen LogP contribution >= 0.6 is 0 Å². The number of carboxylic acid groups (broad SMARTS) is 1. The molecule has 0 aliphatic heterocycles. The fourth-order valence-corrected chi connectivity index (χ4v) is 4.75. The van der Waals surface area contributed by atoms with Crippen LogP contribution in [0.1, 0.15) is 95.9 Å². The Labute approximate surface area is 317 Å². The second-order valence-electron chi connectivity index (χ2n) is 14.9. The SMILES string of the molecule is CC(C)C[C@H](NC(=O)[C@H](CC(C)C)NC(=O)[C@@H](NC(=O)[C@H](C)NC(=O)[C@H](C)NC(=O)[C@H](C)NC(=O)[C@H](C)N)C(C)C)C(=O)N[C@@H](C)C(=O)N[C@@H](C)C(=O)O. The van der Waals surface area contributed by atoms with Crippen LogP contribution in [0, 0.1) is 17.8 Å². The van der Waals surface area contributed by atoms with Crippen LogP contribution in [-0.2, 0) is 43.2 Å². The van der Waals surface area contributed by atoms with Crippen LogP contribution in [0.25, 0.3) is 0 Å². The van der Waals surface area contributed by atoms with Crippen molar-refractivity contribution < 1.29 is 48.3 Å². The Morgan fingerprint density at radius 3 is 1.04 bits per heavy atom. The average molecular weight is 770 g/mol. The highest BCUT2D eigenvalue weighted by molar-refractivity contribution is 5.97. The number of carbonyl (C=O) groups excluding carboxylic acids is 8. The molecule has 0 rings (SSSR count). The monoisotopic (exact) mass is 769 g/mol. The number of carboxylic acids is 1. The first-order valence-corrected chi connectivity index (χ1v) is 18.2. The molecular weight excluding hydrogens is 706 g/mol. The van der Waals surface area contributed by atoms with Gasteiger partial charge in [0.1, 0.15) is 48.3 Å². The van der Waals surface area contributed by atoms with Gasteiger partial charge in [-0.3, -0.25) is 43.2 Å². The fourth-order valence-electron chi connectivity index (χ4n) is 4.75. The van der Waals surface area contributed by atoms with Gasteiger partial charge < -0.3 is 53.4 Å². The zero-order valence-electron chi connectivity index (χ0n) is 33.5. The highest BCUT2D eigenvalue weighted by atomic mass is 16.4. The van der Waals surface area contributed by atoms with Crippen molar-refractivity contribution in [1.29, 1.82) is 0 Å². The Balaban J connectivity index is 5.72. The van der Waals surface area contributed by atoms with Crippen molar-refractivity contribution in [3.63, 3.8) is 0 Å². The first kappa shape index (κ1) is 49.2. The van der Waals surface area contributed by atoms with E-state index in [1.807, 2.05) is 27.7 Å². The molecule has 0 aromatic rings. The van der Waals surface area contributed by atoms with Crippen molar-refractivity contribution >= 4 is 53.2 Å². The van der Waals surface area contributed by atoms with Gasteiger partial charge in [-0.2, -0.15) is 0 Å². The minimum absolute atomic E-state index is 0.0749. The van der Waals surface area contributed by atoms with E-state index in [2.05, 4.69) is 42.5 Å². The molecule has 0 saturated heterocycles. The smallest absolute Gasteiger partial charge is 0.325 e. The van der Waals surface area contributed by atoms with Crippen molar-refractivity contribution in [3.8, 4) is 0 Å². The molecule has 19 nitrogen and oxygen atoms in total. The van der Waals surface area contributed by atoms with Crippen LogP contribution in [0.5, 0.6) is 0 Å². The van der Waals surface area contributed by atoms with Gasteiger partial charge in [0, 0.05) is 0 Å². The molecule has 0 aromatic carbocycles. The molecule has 0 aliphatic carbocycles. The molecule has 0 aromatic heterocycles. The maximum atomic E-state index is 13.6. The lowest BCUT2D eigenvalue weighted by molar-refractivity contribution is -0.141. The van der Waals surface area contributed by atoms with Gasteiger partial charge >= 0.3 is 5.97 Å². The number of hydrogen-bond donors (Lipinski definition) is 10. The van der Waals surface area contributed by atoms with Crippen LogP contribution in [-0.4, -0.2) is 113 Å². The summed E-state index contributed by atoms with van der Waals surface area (Å²) >= 11 is 0. The molecule has 9 atom stereocenters. The standard InChI is InChI=1S/C35H63N9O10/c1-15(2)13-24(32(50)40-21(10)30(48)41-23(12)35(53)54)42-33(51)25(14-16(3)4)43-34(52)26(17(5)6)44-31(49)22(11)39-29(47)20(9)38-28(46)19(8)37-27(45)18(7)36/h15-26H,13-14,36H2,1-12H3,(H,37,45)(H,38,46)(H,39,47)(H,40,50)(H,41,48)(H,42,51)(H,43,52)(H,44,49)(H,53,54)/t18-,19-,20-,21-,22-,23-,24-,25-,26-/m0/s1. The van der Waals surface area contributed by atoms with Gasteiger partial charge in [-0.05, 0) is 72.1 Å². The van der Waals surface area contributed by atoms with Gasteiger partial charge in [-0.15, -0.1) is 0 Å². The molecule has 0 bridgehead atoms. The van der Waals surface area contributed by atoms with Crippen molar-refractivity contribution in [3.05, 3.63) is 0 Å². The maximum absolute atomic E-state index is 13.6. The van der Waals surface area contributed by atoms with E-state index in [0.29, 0.717) is 0 Å². The second-order valence-corrected chi connectivity index (χ2v) is 14.9. The second kappa shape index (κ2) is 23.1. The predicted octanol–water partition coefficient (Wildman–Crippen LogP) is -1.86. The summed E-state index contributed by atoms with van der Waals surface area (Å²) in [5.74, 6) is -7.30. The van der Waals surface area contributed by atoms with E-state index in [1.165, 1.54) is 41.5 Å². The van der Waals surface area contributed by atoms with Crippen LogP contribution < -0.4 is 48.3 Å². The Kier molecular flexibility index (Phi) is 21.0. The molecule has 54 heavy (non-hydrogen) atoms.